The van der Waals surface area contributed by atoms with Gasteiger partial charge in [0.15, 0.2) is 0 Å². The SMILES string of the molecule is CNc1nc(OC)nc(N(C)C2CCN(C)CC2)n1. The highest BCUT2D eigenvalue weighted by Crippen LogP contribution is 2.20. The van der Waals surface area contributed by atoms with Crippen molar-refractivity contribution in [1.82, 2.24) is 19.9 Å². The Balaban J connectivity index is 2.15. The van der Waals surface area contributed by atoms with Crippen LogP contribution in [0, 0.1) is 0 Å². The van der Waals surface area contributed by atoms with Crippen molar-refractivity contribution in [3.63, 3.8) is 0 Å². The van der Waals surface area contributed by atoms with Gasteiger partial charge in [-0.05, 0) is 33.0 Å². The van der Waals surface area contributed by atoms with Gasteiger partial charge in [-0.25, -0.2) is 0 Å². The highest BCUT2D eigenvalue weighted by Gasteiger charge is 2.23. The van der Waals surface area contributed by atoms with E-state index in [0.717, 1.165) is 25.9 Å². The Morgan fingerprint density at radius 2 is 1.95 bits per heavy atom. The highest BCUT2D eigenvalue weighted by molar-refractivity contribution is 5.38. The maximum Gasteiger partial charge on any atom is 0.322 e. The summed E-state index contributed by atoms with van der Waals surface area (Å²) in [4.78, 5) is 17.3. The van der Waals surface area contributed by atoms with Crippen molar-refractivity contribution in [2.45, 2.75) is 18.9 Å². The zero-order valence-electron chi connectivity index (χ0n) is 12.1. The number of nitrogens with zero attached hydrogens (tertiary/aromatic N) is 5. The summed E-state index contributed by atoms with van der Waals surface area (Å²) in [6.07, 6.45) is 2.24. The first-order chi connectivity index (χ1) is 9.13. The van der Waals surface area contributed by atoms with E-state index in [0.29, 0.717) is 23.9 Å². The van der Waals surface area contributed by atoms with Crippen molar-refractivity contribution < 1.29 is 4.74 Å². The molecule has 0 atom stereocenters. The Kier molecular flexibility index (Phi) is 4.36. The third-order valence-corrected chi connectivity index (χ3v) is 3.56. The van der Waals surface area contributed by atoms with Crippen LogP contribution in [0.15, 0.2) is 0 Å². The van der Waals surface area contributed by atoms with Crippen LogP contribution in [-0.4, -0.2) is 67.2 Å². The molecule has 1 aromatic heterocycles. The lowest BCUT2D eigenvalue weighted by Gasteiger charge is -2.35. The van der Waals surface area contributed by atoms with Crippen LogP contribution in [0.1, 0.15) is 12.8 Å². The minimum atomic E-state index is 0.342. The maximum absolute atomic E-state index is 5.11. The van der Waals surface area contributed by atoms with Crippen molar-refractivity contribution in [3.05, 3.63) is 0 Å². The van der Waals surface area contributed by atoms with Crippen molar-refractivity contribution in [2.75, 3.05) is 51.6 Å². The molecule has 0 amide bonds. The van der Waals surface area contributed by atoms with E-state index in [1.165, 1.54) is 0 Å². The summed E-state index contributed by atoms with van der Waals surface area (Å²) in [7, 11) is 7.54. The van der Waals surface area contributed by atoms with E-state index in [1.807, 2.05) is 7.05 Å². The van der Waals surface area contributed by atoms with Crippen LogP contribution in [0.3, 0.4) is 0 Å². The number of likely N-dealkylation sites (tertiary alicyclic amines) is 1. The fourth-order valence-electron chi connectivity index (χ4n) is 2.25. The molecule has 0 spiro atoms. The second-order valence-corrected chi connectivity index (χ2v) is 4.84. The predicted octanol–water partition coefficient (Wildman–Crippen LogP) is 0.452. The molecular formula is C12H22N6O. The van der Waals surface area contributed by atoms with Gasteiger partial charge in [-0.2, -0.15) is 15.0 Å². The number of hydrogen-bond donors (Lipinski definition) is 1. The quantitative estimate of drug-likeness (QED) is 0.848. The van der Waals surface area contributed by atoms with Crippen LogP contribution >= 0.6 is 0 Å². The number of methoxy groups -OCH3 is 1. The number of nitrogens with one attached hydrogen (secondary N) is 1. The molecule has 0 bridgehead atoms. The molecule has 106 valence electrons. The number of ether oxygens (including phenoxy) is 1. The number of hydrogen-bond acceptors (Lipinski definition) is 7. The van der Waals surface area contributed by atoms with Gasteiger partial charge in [0.25, 0.3) is 0 Å². The van der Waals surface area contributed by atoms with Crippen molar-refractivity contribution >= 4 is 11.9 Å². The molecule has 1 fully saturated rings. The molecule has 1 aromatic rings. The third-order valence-electron chi connectivity index (χ3n) is 3.56. The number of anilines is 2. The van der Waals surface area contributed by atoms with E-state index < -0.39 is 0 Å². The van der Waals surface area contributed by atoms with Crippen LogP contribution in [0.2, 0.25) is 0 Å². The van der Waals surface area contributed by atoms with Gasteiger partial charge in [0.2, 0.25) is 11.9 Å². The van der Waals surface area contributed by atoms with Crippen molar-refractivity contribution in [2.24, 2.45) is 0 Å². The van der Waals surface area contributed by atoms with Gasteiger partial charge < -0.3 is 19.9 Å². The van der Waals surface area contributed by atoms with Gasteiger partial charge in [-0.3, -0.25) is 0 Å². The Hall–Kier alpha value is -1.63. The summed E-state index contributed by atoms with van der Waals surface area (Å²) in [6.45, 7) is 2.21. The highest BCUT2D eigenvalue weighted by atomic mass is 16.5. The van der Waals surface area contributed by atoms with E-state index >= 15 is 0 Å². The molecular weight excluding hydrogens is 244 g/mol. The first kappa shape index (κ1) is 13.8. The average Bonchev–Trinajstić information content (AvgIpc) is 2.46. The molecule has 0 aliphatic carbocycles. The Bertz CT molecular complexity index is 396. The van der Waals surface area contributed by atoms with Gasteiger partial charge in [-0.1, -0.05) is 0 Å². The first-order valence-electron chi connectivity index (χ1n) is 6.53. The second-order valence-electron chi connectivity index (χ2n) is 4.84. The molecule has 2 heterocycles. The number of rotatable bonds is 4. The molecule has 1 aliphatic rings. The summed E-state index contributed by atoms with van der Waals surface area (Å²) in [5.41, 5.74) is 0. The molecule has 2 rings (SSSR count). The van der Waals surface area contributed by atoms with Crippen LogP contribution in [0.5, 0.6) is 6.01 Å². The number of piperidine rings is 1. The van der Waals surface area contributed by atoms with Gasteiger partial charge in [0.1, 0.15) is 0 Å². The summed E-state index contributed by atoms with van der Waals surface area (Å²) in [6, 6.07) is 0.808. The fraction of sp³-hybridized carbons (Fsp3) is 0.750. The molecule has 0 radical (unpaired) electrons. The predicted molar refractivity (Wildman–Crippen MR) is 74.8 cm³/mol. The topological polar surface area (TPSA) is 66.4 Å². The van der Waals surface area contributed by atoms with Crippen LogP contribution in [0.25, 0.3) is 0 Å². The van der Waals surface area contributed by atoms with Crippen LogP contribution in [-0.2, 0) is 0 Å². The minimum Gasteiger partial charge on any atom is -0.467 e. The minimum absolute atomic E-state index is 0.342. The van der Waals surface area contributed by atoms with Gasteiger partial charge in [0, 0.05) is 20.1 Å². The molecule has 0 aromatic carbocycles. The summed E-state index contributed by atoms with van der Waals surface area (Å²) in [5.74, 6) is 1.19. The molecule has 7 nitrogen and oxygen atoms in total. The average molecular weight is 266 g/mol. The van der Waals surface area contributed by atoms with Crippen LogP contribution < -0.4 is 15.0 Å². The number of aromatic nitrogens is 3. The summed E-state index contributed by atoms with van der Waals surface area (Å²) in [5, 5.41) is 2.93. The molecule has 0 unspecified atom stereocenters. The van der Waals surface area contributed by atoms with E-state index in [-0.39, 0.29) is 0 Å². The Labute approximate surface area is 114 Å². The van der Waals surface area contributed by atoms with Gasteiger partial charge in [-0.15, -0.1) is 0 Å². The van der Waals surface area contributed by atoms with Gasteiger partial charge >= 0.3 is 6.01 Å². The largest absolute Gasteiger partial charge is 0.467 e. The lowest BCUT2D eigenvalue weighted by atomic mass is 10.0. The van der Waals surface area contributed by atoms with Crippen LogP contribution in [0.4, 0.5) is 11.9 Å². The van der Waals surface area contributed by atoms with E-state index in [9.17, 15) is 0 Å². The zero-order chi connectivity index (χ0) is 13.8. The van der Waals surface area contributed by atoms with E-state index in [1.54, 1.807) is 14.2 Å². The second kappa shape index (κ2) is 6.01. The summed E-state index contributed by atoms with van der Waals surface area (Å²) < 4.78 is 5.11. The fourth-order valence-corrected chi connectivity index (χ4v) is 2.25. The molecule has 1 saturated heterocycles. The van der Waals surface area contributed by atoms with Gasteiger partial charge in [0.05, 0.1) is 7.11 Å². The van der Waals surface area contributed by atoms with Crippen molar-refractivity contribution in [3.8, 4) is 6.01 Å². The smallest absolute Gasteiger partial charge is 0.322 e. The first-order valence-corrected chi connectivity index (χ1v) is 6.53. The maximum atomic E-state index is 5.11. The zero-order valence-corrected chi connectivity index (χ0v) is 12.1. The standard InChI is InChI=1S/C12H22N6O/c1-13-10-14-11(16-12(15-10)19-4)18(3)9-5-7-17(2)8-6-9/h9H,5-8H2,1-4H3,(H,13,14,15,16). The molecule has 1 N–H and O–H groups in total. The molecule has 19 heavy (non-hydrogen) atoms. The van der Waals surface area contributed by atoms with E-state index in [2.05, 4.69) is 37.1 Å². The van der Waals surface area contributed by atoms with E-state index in [4.69, 9.17) is 4.74 Å². The lowest BCUT2D eigenvalue weighted by Crippen LogP contribution is -2.42. The Morgan fingerprint density at radius 1 is 1.26 bits per heavy atom. The summed E-state index contributed by atoms with van der Waals surface area (Å²) >= 11 is 0. The third kappa shape index (κ3) is 3.23. The monoisotopic (exact) mass is 266 g/mol. The Morgan fingerprint density at radius 3 is 2.53 bits per heavy atom. The lowest BCUT2D eigenvalue weighted by molar-refractivity contribution is 0.251. The molecule has 1 aliphatic heterocycles. The normalized spacial score (nSPS) is 17.3. The van der Waals surface area contributed by atoms with Crippen molar-refractivity contribution in [1.29, 1.82) is 0 Å². The molecule has 7 heteroatoms. The molecule has 0 saturated carbocycles.